The molecule has 0 radical (unpaired) electrons. The number of benzene rings is 2. The lowest BCUT2D eigenvalue weighted by atomic mass is 9.99. The van der Waals surface area contributed by atoms with E-state index in [-0.39, 0.29) is 0 Å². The topological polar surface area (TPSA) is 43.1 Å². The number of thioether (sulfide) groups is 1. The molecule has 0 amide bonds. The van der Waals surface area contributed by atoms with Gasteiger partial charge in [-0.15, -0.1) is 5.10 Å². The largest absolute Gasteiger partial charge is 0.253 e. The van der Waals surface area contributed by atoms with Gasteiger partial charge in [0.05, 0.1) is 0 Å². The fourth-order valence-corrected chi connectivity index (χ4v) is 4.37. The van der Waals surface area contributed by atoms with Gasteiger partial charge in [0.25, 0.3) is 5.78 Å². The van der Waals surface area contributed by atoms with Crippen LogP contribution in [-0.4, -0.2) is 19.6 Å². The average molecular weight is 409 g/mol. The second-order valence-electron chi connectivity index (χ2n) is 6.85. The Hall–Kier alpha value is -2.37. The third-order valence-electron chi connectivity index (χ3n) is 4.97. The maximum Gasteiger partial charge on any atom is 0.253 e. The molecule has 28 heavy (non-hydrogen) atoms. The van der Waals surface area contributed by atoms with Crippen molar-refractivity contribution in [3.63, 3.8) is 0 Å². The van der Waals surface area contributed by atoms with Crippen molar-refractivity contribution >= 4 is 29.1 Å². The van der Waals surface area contributed by atoms with Gasteiger partial charge in [-0.2, -0.15) is 4.98 Å². The maximum absolute atomic E-state index is 6.25. The van der Waals surface area contributed by atoms with E-state index in [1.807, 2.05) is 35.7 Å². The molecule has 0 aliphatic carbocycles. The van der Waals surface area contributed by atoms with Crippen LogP contribution in [0.1, 0.15) is 33.6 Å². The standard InChI is InChI=1S/C22H21ClN4S/c1-14-8-4-5-9-17(14)12-19-15(2)24-21-25-22(26-27(21)16(19)3)28-13-18-10-6-7-11-20(18)23/h4-11H,12-13H2,1-3H3. The minimum Gasteiger partial charge on any atom is -0.216 e. The summed E-state index contributed by atoms with van der Waals surface area (Å²) >= 11 is 7.83. The monoisotopic (exact) mass is 408 g/mol. The Labute approximate surface area is 174 Å². The molecule has 0 bridgehead atoms. The lowest BCUT2D eigenvalue weighted by molar-refractivity contribution is 0.823. The van der Waals surface area contributed by atoms with Gasteiger partial charge in [-0.05, 0) is 49.1 Å². The van der Waals surface area contributed by atoms with Crippen LogP contribution in [0.3, 0.4) is 0 Å². The number of hydrogen-bond acceptors (Lipinski definition) is 4. The van der Waals surface area contributed by atoms with Crippen LogP contribution in [-0.2, 0) is 12.2 Å². The highest BCUT2D eigenvalue weighted by molar-refractivity contribution is 7.98. The molecule has 0 fully saturated rings. The van der Waals surface area contributed by atoms with Gasteiger partial charge in [0.2, 0.25) is 5.16 Å². The fourth-order valence-electron chi connectivity index (χ4n) is 3.26. The van der Waals surface area contributed by atoms with Gasteiger partial charge in [-0.25, -0.2) is 9.50 Å². The highest BCUT2D eigenvalue weighted by Crippen LogP contribution is 2.26. The van der Waals surface area contributed by atoms with Crippen molar-refractivity contribution in [1.29, 1.82) is 0 Å². The highest BCUT2D eigenvalue weighted by Gasteiger charge is 2.15. The summed E-state index contributed by atoms with van der Waals surface area (Å²) in [7, 11) is 0. The number of hydrogen-bond donors (Lipinski definition) is 0. The predicted molar refractivity (Wildman–Crippen MR) is 115 cm³/mol. The van der Waals surface area contributed by atoms with Crippen molar-refractivity contribution in [3.05, 3.63) is 87.2 Å². The SMILES string of the molecule is Cc1ccccc1Cc1c(C)nc2nc(SCc3ccccc3Cl)nn2c1C. The van der Waals surface area contributed by atoms with E-state index < -0.39 is 0 Å². The summed E-state index contributed by atoms with van der Waals surface area (Å²) < 4.78 is 1.86. The molecule has 0 aliphatic rings. The highest BCUT2D eigenvalue weighted by atomic mass is 35.5. The number of aryl methyl sites for hydroxylation is 3. The molecule has 2 heterocycles. The third kappa shape index (κ3) is 3.77. The van der Waals surface area contributed by atoms with E-state index >= 15 is 0 Å². The van der Waals surface area contributed by atoms with Crippen LogP contribution in [0.5, 0.6) is 0 Å². The molecular formula is C22H21ClN4S. The molecule has 4 rings (SSSR count). The number of rotatable bonds is 5. The van der Waals surface area contributed by atoms with Crippen LogP contribution >= 0.6 is 23.4 Å². The lowest BCUT2D eigenvalue weighted by Gasteiger charge is -2.12. The van der Waals surface area contributed by atoms with Crippen molar-refractivity contribution in [2.75, 3.05) is 0 Å². The van der Waals surface area contributed by atoms with E-state index in [1.54, 1.807) is 11.8 Å². The van der Waals surface area contributed by atoms with Crippen LogP contribution in [0.2, 0.25) is 5.02 Å². The molecule has 0 saturated heterocycles. The van der Waals surface area contributed by atoms with Crippen molar-refractivity contribution in [2.24, 2.45) is 0 Å². The summed E-state index contributed by atoms with van der Waals surface area (Å²) in [6.45, 7) is 6.28. The van der Waals surface area contributed by atoms with E-state index in [9.17, 15) is 0 Å². The summed E-state index contributed by atoms with van der Waals surface area (Å²) in [5, 5.41) is 6.16. The Kier molecular flexibility index (Phi) is 5.38. The van der Waals surface area contributed by atoms with Crippen LogP contribution in [0.4, 0.5) is 0 Å². The normalized spacial score (nSPS) is 11.3. The first-order chi connectivity index (χ1) is 13.5. The van der Waals surface area contributed by atoms with E-state index in [2.05, 4.69) is 48.2 Å². The second kappa shape index (κ2) is 7.94. The molecule has 0 spiro atoms. The average Bonchev–Trinajstić information content (AvgIpc) is 3.09. The second-order valence-corrected chi connectivity index (χ2v) is 8.20. The zero-order chi connectivity index (χ0) is 19.7. The predicted octanol–water partition coefficient (Wildman–Crippen LogP) is 5.59. The molecule has 0 saturated carbocycles. The zero-order valence-electron chi connectivity index (χ0n) is 16.1. The summed E-state index contributed by atoms with van der Waals surface area (Å²) in [5.41, 5.74) is 6.97. The van der Waals surface area contributed by atoms with Gasteiger partial charge in [-0.1, -0.05) is 65.8 Å². The molecular weight excluding hydrogens is 388 g/mol. The Morgan fingerprint density at radius 3 is 2.39 bits per heavy atom. The van der Waals surface area contributed by atoms with Crippen LogP contribution in [0.25, 0.3) is 5.78 Å². The molecule has 2 aromatic carbocycles. The first-order valence-electron chi connectivity index (χ1n) is 9.16. The molecule has 0 aliphatic heterocycles. The van der Waals surface area contributed by atoms with Gasteiger partial charge >= 0.3 is 0 Å². The maximum atomic E-state index is 6.25. The minimum absolute atomic E-state index is 0.644. The van der Waals surface area contributed by atoms with E-state index in [4.69, 9.17) is 16.6 Å². The van der Waals surface area contributed by atoms with Crippen molar-refractivity contribution in [2.45, 2.75) is 38.1 Å². The van der Waals surface area contributed by atoms with E-state index in [0.717, 1.165) is 34.1 Å². The summed E-state index contributed by atoms with van der Waals surface area (Å²) in [4.78, 5) is 9.31. The fraction of sp³-hybridized carbons (Fsp3) is 0.227. The lowest BCUT2D eigenvalue weighted by Crippen LogP contribution is -2.07. The third-order valence-corrected chi connectivity index (χ3v) is 6.23. The first-order valence-corrected chi connectivity index (χ1v) is 10.5. The molecule has 0 unspecified atom stereocenters. The molecule has 6 heteroatoms. The number of fused-ring (bicyclic) bond motifs is 1. The Bertz CT molecular complexity index is 1150. The number of halogens is 1. The van der Waals surface area contributed by atoms with Gasteiger partial charge in [-0.3, -0.25) is 0 Å². The number of aromatic nitrogens is 4. The molecule has 4 aromatic rings. The Balaban J connectivity index is 1.64. The van der Waals surface area contributed by atoms with Crippen LogP contribution < -0.4 is 0 Å². The Morgan fingerprint density at radius 2 is 1.64 bits per heavy atom. The Morgan fingerprint density at radius 1 is 0.929 bits per heavy atom. The smallest absolute Gasteiger partial charge is 0.216 e. The van der Waals surface area contributed by atoms with Gasteiger partial charge in [0.15, 0.2) is 0 Å². The minimum atomic E-state index is 0.644. The molecule has 0 atom stereocenters. The van der Waals surface area contributed by atoms with Crippen molar-refractivity contribution in [1.82, 2.24) is 19.6 Å². The number of nitrogens with zero attached hydrogens (tertiary/aromatic N) is 4. The summed E-state index contributed by atoms with van der Waals surface area (Å²) in [6, 6.07) is 16.3. The van der Waals surface area contributed by atoms with Gasteiger partial charge < -0.3 is 0 Å². The summed E-state index contributed by atoms with van der Waals surface area (Å²) in [5.74, 6) is 1.37. The molecule has 4 nitrogen and oxygen atoms in total. The molecule has 0 N–H and O–H groups in total. The summed E-state index contributed by atoms with van der Waals surface area (Å²) in [6.07, 6.45) is 0.842. The molecule has 142 valence electrons. The van der Waals surface area contributed by atoms with Crippen molar-refractivity contribution < 1.29 is 0 Å². The van der Waals surface area contributed by atoms with Gasteiger partial charge in [0, 0.05) is 28.6 Å². The van der Waals surface area contributed by atoms with Crippen LogP contribution in [0.15, 0.2) is 53.7 Å². The van der Waals surface area contributed by atoms with Crippen molar-refractivity contribution in [3.8, 4) is 0 Å². The quantitative estimate of drug-likeness (QED) is 0.404. The molecule has 2 aromatic heterocycles. The van der Waals surface area contributed by atoms with E-state index in [1.165, 1.54) is 16.7 Å². The van der Waals surface area contributed by atoms with Gasteiger partial charge in [0.1, 0.15) is 0 Å². The van der Waals surface area contributed by atoms with Crippen LogP contribution in [0, 0.1) is 20.8 Å². The zero-order valence-corrected chi connectivity index (χ0v) is 17.7. The van der Waals surface area contributed by atoms with E-state index in [0.29, 0.717) is 10.9 Å². The first kappa shape index (κ1) is 19.0.